The number of nitrogens with zero attached hydrogens (tertiary/aromatic N) is 2. The number of hydrogen-bond acceptors (Lipinski definition) is 4. The van der Waals surface area contributed by atoms with Crippen molar-refractivity contribution in [2.45, 2.75) is 62.8 Å². The van der Waals surface area contributed by atoms with Crippen LogP contribution in [0.25, 0.3) is 0 Å². The first-order valence-corrected chi connectivity index (χ1v) is 9.56. The number of imide groups is 1. The molecule has 3 aliphatic rings. The minimum absolute atomic E-state index is 0.0916. The first-order valence-electron chi connectivity index (χ1n) is 8.51. The van der Waals surface area contributed by atoms with Crippen LogP contribution in [-0.2, 0) is 9.59 Å². The van der Waals surface area contributed by atoms with Crippen molar-refractivity contribution in [1.82, 2.24) is 15.1 Å². The number of fused-ring (bicyclic) bond motifs is 1. The van der Waals surface area contributed by atoms with Gasteiger partial charge < -0.3 is 10.2 Å². The highest BCUT2D eigenvalue weighted by molar-refractivity contribution is 8.00. The number of carbonyl (C=O) groups excluding carboxylic acids is 3. The standard InChI is InChI=1S/C16H25N3O3S/c1-3-16(2)14(21)19(15(22)17-16)10-13(20)18-8-9-23-12-7-5-4-6-11(12)18/h11-12H,3-10H2,1-2H3,(H,17,22)/t11-,12-,16+/m1/s1. The highest BCUT2D eigenvalue weighted by Gasteiger charge is 2.48. The fraction of sp³-hybridized carbons (Fsp3) is 0.812. The van der Waals surface area contributed by atoms with Gasteiger partial charge in [-0.3, -0.25) is 14.5 Å². The van der Waals surface area contributed by atoms with Gasteiger partial charge >= 0.3 is 6.03 Å². The number of nitrogens with one attached hydrogen (secondary N) is 1. The summed E-state index contributed by atoms with van der Waals surface area (Å²) in [5.74, 6) is 0.565. The third-order valence-electron chi connectivity index (χ3n) is 5.40. The molecule has 0 aromatic heterocycles. The van der Waals surface area contributed by atoms with Crippen LogP contribution in [0.5, 0.6) is 0 Å². The minimum atomic E-state index is -0.873. The molecule has 7 heteroatoms. The van der Waals surface area contributed by atoms with Gasteiger partial charge in [-0.2, -0.15) is 11.8 Å². The zero-order chi connectivity index (χ0) is 16.6. The van der Waals surface area contributed by atoms with E-state index in [1.807, 2.05) is 23.6 Å². The number of carbonyl (C=O) groups is 3. The first kappa shape index (κ1) is 16.6. The maximum atomic E-state index is 12.7. The molecule has 3 fully saturated rings. The Morgan fingerprint density at radius 3 is 2.78 bits per heavy atom. The lowest BCUT2D eigenvalue weighted by Crippen LogP contribution is -2.54. The van der Waals surface area contributed by atoms with Crippen LogP contribution in [0.3, 0.4) is 0 Å². The number of urea groups is 1. The summed E-state index contributed by atoms with van der Waals surface area (Å²) in [6.45, 7) is 4.16. The molecule has 2 heterocycles. The zero-order valence-corrected chi connectivity index (χ0v) is 14.7. The van der Waals surface area contributed by atoms with Crippen LogP contribution in [-0.4, -0.2) is 63.3 Å². The molecule has 2 aliphatic heterocycles. The topological polar surface area (TPSA) is 69.7 Å². The third kappa shape index (κ3) is 2.95. The van der Waals surface area contributed by atoms with E-state index in [0.29, 0.717) is 11.7 Å². The molecule has 23 heavy (non-hydrogen) atoms. The molecule has 0 aromatic carbocycles. The average Bonchev–Trinajstić information content (AvgIpc) is 2.78. The van der Waals surface area contributed by atoms with E-state index in [1.165, 1.54) is 6.42 Å². The molecular weight excluding hydrogens is 314 g/mol. The quantitative estimate of drug-likeness (QED) is 0.793. The molecule has 2 saturated heterocycles. The highest BCUT2D eigenvalue weighted by Crippen LogP contribution is 2.35. The zero-order valence-electron chi connectivity index (χ0n) is 13.8. The van der Waals surface area contributed by atoms with Crippen molar-refractivity contribution in [3.8, 4) is 0 Å². The van der Waals surface area contributed by atoms with Crippen LogP contribution in [0.2, 0.25) is 0 Å². The minimum Gasteiger partial charge on any atom is -0.336 e. The van der Waals surface area contributed by atoms with E-state index in [-0.39, 0.29) is 24.4 Å². The summed E-state index contributed by atoms with van der Waals surface area (Å²) in [4.78, 5) is 40.3. The van der Waals surface area contributed by atoms with Crippen molar-refractivity contribution < 1.29 is 14.4 Å². The molecule has 0 aromatic rings. The Hall–Kier alpha value is -1.24. The Morgan fingerprint density at radius 2 is 2.09 bits per heavy atom. The molecule has 1 saturated carbocycles. The Kier molecular flexibility index (Phi) is 4.58. The molecule has 128 valence electrons. The van der Waals surface area contributed by atoms with E-state index in [4.69, 9.17) is 0 Å². The molecule has 0 spiro atoms. The maximum absolute atomic E-state index is 12.7. The molecule has 3 rings (SSSR count). The second-order valence-corrected chi connectivity index (χ2v) is 8.20. The monoisotopic (exact) mass is 339 g/mol. The van der Waals surface area contributed by atoms with Gasteiger partial charge in [-0.15, -0.1) is 0 Å². The Bertz CT molecular complexity index is 525. The van der Waals surface area contributed by atoms with Gasteiger partial charge in [0.25, 0.3) is 5.91 Å². The largest absolute Gasteiger partial charge is 0.336 e. The second-order valence-electron chi connectivity index (χ2n) is 6.86. The van der Waals surface area contributed by atoms with Gasteiger partial charge in [0.15, 0.2) is 0 Å². The molecular formula is C16H25N3O3S. The van der Waals surface area contributed by atoms with Crippen molar-refractivity contribution >= 4 is 29.6 Å². The van der Waals surface area contributed by atoms with Crippen LogP contribution in [0.4, 0.5) is 4.79 Å². The predicted molar refractivity (Wildman–Crippen MR) is 89.2 cm³/mol. The molecule has 4 amide bonds. The van der Waals surface area contributed by atoms with Gasteiger partial charge in [0.05, 0.1) is 0 Å². The summed E-state index contributed by atoms with van der Waals surface area (Å²) in [6, 6.07) is -0.174. The fourth-order valence-electron chi connectivity index (χ4n) is 3.76. The lowest BCUT2D eigenvalue weighted by Gasteiger charge is -2.43. The van der Waals surface area contributed by atoms with Crippen molar-refractivity contribution in [3.63, 3.8) is 0 Å². The average molecular weight is 339 g/mol. The summed E-state index contributed by atoms with van der Waals surface area (Å²) in [7, 11) is 0. The lowest BCUT2D eigenvalue weighted by molar-refractivity contribution is -0.140. The van der Waals surface area contributed by atoms with E-state index in [0.717, 1.165) is 36.5 Å². The van der Waals surface area contributed by atoms with E-state index >= 15 is 0 Å². The van der Waals surface area contributed by atoms with Gasteiger partial charge in [-0.25, -0.2) is 4.79 Å². The van der Waals surface area contributed by atoms with Crippen LogP contribution < -0.4 is 5.32 Å². The SMILES string of the molecule is CC[C@]1(C)NC(=O)N(CC(=O)N2CCS[C@@H]3CCCC[C@H]32)C1=O. The summed E-state index contributed by atoms with van der Waals surface area (Å²) in [5, 5.41) is 3.23. The van der Waals surface area contributed by atoms with E-state index in [1.54, 1.807) is 6.92 Å². The summed E-state index contributed by atoms with van der Waals surface area (Å²) in [6.07, 6.45) is 5.11. The van der Waals surface area contributed by atoms with Crippen molar-refractivity contribution in [2.75, 3.05) is 18.8 Å². The Balaban J connectivity index is 1.69. The molecule has 0 radical (unpaired) electrons. The number of rotatable bonds is 3. The smallest absolute Gasteiger partial charge is 0.325 e. The first-order chi connectivity index (χ1) is 11.0. The molecule has 3 atom stereocenters. The van der Waals surface area contributed by atoms with Crippen molar-refractivity contribution in [3.05, 3.63) is 0 Å². The number of thioether (sulfide) groups is 1. The fourth-order valence-corrected chi connectivity index (χ4v) is 5.21. The summed E-state index contributed by atoms with van der Waals surface area (Å²) in [5.41, 5.74) is -0.873. The van der Waals surface area contributed by atoms with Crippen LogP contribution in [0, 0.1) is 0 Å². The number of hydrogen-bond donors (Lipinski definition) is 1. The molecule has 1 N–H and O–H groups in total. The maximum Gasteiger partial charge on any atom is 0.325 e. The molecule has 0 unspecified atom stereocenters. The Morgan fingerprint density at radius 1 is 1.35 bits per heavy atom. The van der Waals surface area contributed by atoms with Gasteiger partial charge in [0.2, 0.25) is 5.91 Å². The summed E-state index contributed by atoms with van der Waals surface area (Å²) >= 11 is 1.96. The lowest BCUT2D eigenvalue weighted by atomic mass is 9.93. The summed E-state index contributed by atoms with van der Waals surface area (Å²) < 4.78 is 0. The number of amides is 4. The van der Waals surface area contributed by atoms with Gasteiger partial charge in [0.1, 0.15) is 12.1 Å². The molecule has 6 nitrogen and oxygen atoms in total. The van der Waals surface area contributed by atoms with E-state index in [9.17, 15) is 14.4 Å². The van der Waals surface area contributed by atoms with Crippen molar-refractivity contribution in [1.29, 1.82) is 0 Å². The van der Waals surface area contributed by atoms with E-state index < -0.39 is 11.6 Å². The van der Waals surface area contributed by atoms with Gasteiger partial charge in [-0.05, 0) is 26.2 Å². The second kappa shape index (κ2) is 6.34. The van der Waals surface area contributed by atoms with Crippen LogP contribution in [0.1, 0.15) is 46.0 Å². The van der Waals surface area contributed by atoms with E-state index in [2.05, 4.69) is 5.32 Å². The Labute approximate surface area is 141 Å². The van der Waals surface area contributed by atoms with Gasteiger partial charge in [0, 0.05) is 23.6 Å². The molecule has 0 bridgehead atoms. The van der Waals surface area contributed by atoms with Gasteiger partial charge in [-0.1, -0.05) is 19.8 Å². The van der Waals surface area contributed by atoms with Crippen LogP contribution >= 0.6 is 11.8 Å². The highest BCUT2D eigenvalue weighted by atomic mass is 32.2. The third-order valence-corrected chi connectivity index (χ3v) is 6.79. The van der Waals surface area contributed by atoms with Crippen molar-refractivity contribution in [2.24, 2.45) is 0 Å². The van der Waals surface area contributed by atoms with Crippen LogP contribution in [0.15, 0.2) is 0 Å². The predicted octanol–water partition coefficient (Wildman–Crippen LogP) is 1.59. The molecule has 1 aliphatic carbocycles. The normalized spacial score (nSPS) is 34.3.